The predicted molar refractivity (Wildman–Crippen MR) is 79.5 cm³/mol. The van der Waals surface area contributed by atoms with Crippen LogP contribution in [0.25, 0.3) is 0 Å². The van der Waals surface area contributed by atoms with Gasteiger partial charge in [0, 0.05) is 32.7 Å². The highest BCUT2D eigenvalue weighted by Crippen LogP contribution is 2.17. The van der Waals surface area contributed by atoms with E-state index in [0.29, 0.717) is 24.5 Å². The van der Waals surface area contributed by atoms with Crippen molar-refractivity contribution in [3.63, 3.8) is 0 Å². The average Bonchev–Trinajstić information content (AvgIpc) is 2.38. The average molecular weight is 300 g/mol. The number of halogens is 1. The van der Waals surface area contributed by atoms with E-state index in [1.165, 1.54) is 0 Å². The number of aromatic nitrogens is 3. The van der Waals surface area contributed by atoms with Crippen molar-refractivity contribution >= 4 is 17.5 Å². The van der Waals surface area contributed by atoms with Crippen molar-refractivity contribution in [3.8, 4) is 6.01 Å². The van der Waals surface area contributed by atoms with Gasteiger partial charge in [0.15, 0.2) is 0 Å². The molecule has 6 nitrogen and oxygen atoms in total. The summed E-state index contributed by atoms with van der Waals surface area (Å²) in [4.78, 5) is 17.1. The number of piperazine rings is 1. The van der Waals surface area contributed by atoms with Crippen LogP contribution in [0.15, 0.2) is 0 Å². The molecule has 0 saturated carbocycles. The second-order valence-corrected chi connectivity index (χ2v) is 5.64. The van der Waals surface area contributed by atoms with Crippen LogP contribution in [0, 0.1) is 5.92 Å². The maximum absolute atomic E-state index is 5.92. The summed E-state index contributed by atoms with van der Waals surface area (Å²) in [6, 6.07) is 0.298. The van der Waals surface area contributed by atoms with Crippen molar-refractivity contribution < 1.29 is 4.74 Å². The maximum atomic E-state index is 5.92. The molecule has 0 spiro atoms. The summed E-state index contributed by atoms with van der Waals surface area (Å²) in [5, 5.41) is 0.183. The molecule has 1 aliphatic heterocycles. The first-order valence-corrected chi connectivity index (χ1v) is 7.48. The second-order valence-electron chi connectivity index (χ2n) is 5.30. The molecule has 1 saturated heterocycles. The van der Waals surface area contributed by atoms with E-state index in [-0.39, 0.29) is 5.28 Å². The Labute approximate surface area is 125 Å². The number of ether oxygens (including phenoxy) is 1. The van der Waals surface area contributed by atoms with Gasteiger partial charge in [-0.25, -0.2) is 0 Å². The molecular formula is C13H22ClN5O. The number of anilines is 1. The van der Waals surface area contributed by atoms with Gasteiger partial charge in [0.2, 0.25) is 11.2 Å². The zero-order chi connectivity index (χ0) is 14.5. The first-order chi connectivity index (χ1) is 9.58. The van der Waals surface area contributed by atoms with E-state index >= 15 is 0 Å². The lowest BCUT2D eigenvalue weighted by Gasteiger charge is -2.35. The van der Waals surface area contributed by atoms with Crippen LogP contribution in [-0.2, 0) is 0 Å². The largest absolute Gasteiger partial charge is 0.464 e. The minimum absolute atomic E-state index is 0.183. The van der Waals surface area contributed by atoms with Gasteiger partial charge in [-0.3, -0.25) is 4.90 Å². The monoisotopic (exact) mass is 299 g/mol. The number of hydrogen-bond donors (Lipinski definition) is 0. The Kier molecular flexibility index (Phi) is 5.37. The lowest BCUT2D eigenvalue weighted by Crippen LogP contribution is -2.48. The molecule has 0 unspecified atom stereocenters. The van der Waals surface area contributed by atoms with E-state index in [4.69, 9.17) is 16.3 Å². The van der Waals surface area contributed by atoms with Crippen molar-refractivity contribution in [2.24, 2.45) is 5.92 Å². The Balaban J connectivity index is 1.99. The molecule has 20 heavy (non-hydrogen) atoms. The fourth-order valence-corrected chi connectivity index (χ4v) is 2.45. The first kappa shape index (κ1) is 15.3. The summed E-state index contributed by atoms with van der Waals surface area (Å²) >= 11 is 5.92. The molecule has 1 aromatic rings. The summed E-state index contributed by atoms with van der Waals surface area (Å²) in [5.41, 5.74) is 0. The molecule has 0 radical (unpaired) electrons. The van der Waals surface area contributed by atoms with Crippen LogP contribution in [-0.4, -0.2) is 59.2 Å². The second kappa shape index (κ2) is 7.04. The molecule has 2 rings (SSSR count). The Bertz CT molecular complexity index is 435. The smallest absolute Gasteiger partial charge is 0.322 e. The third-order valence-corrected chi connectivity index (χ3v) is 3.30. The normalized spacial score (nSPS) is 16.8. The van der Waals surface area contributed by atoms with Crippen LogP contribution >= 0.6 is 11.6 Å². The third kappa shape index (κ3) is 4.18. The Hall–Kier alpha value is -1.14. The van der Waals surface area contributed by atoms with Gasteiger partial charge in [-0.1, -0.05) is 13.8 Å². The lowest BCUT2D eigenvalue weighted by atomic mass is 10.2. The summed E-state index contributed by atoms with van der Waals surface area (Å²) in [6.45, 7) is 11.9. The highest BCUT2D eigenvalue weighted by molar-refractivity contribution is 6.28. The molecule has 0 aromatic carbocycles. The van der Waals surface area contributed by atoms with Crippen LogP contribution in [0.2, 0.25) is 5.28 Å². The fourth-order valence-electron chi connectivity index (χ4n) is 2.30. The van der Waals surface area contributed by atoms with Gasteiger partial charge in [-0.2, -0.15) is 15.0 Å². The van der Waals surface area contributed by atoms with Crippen molar-refractivity contribution in [1.29, 1.82) is 0 Å². The molecular weight excluding hydrogens is 278 g/mol. The molecule has 1 fully saturated rings. The molecule has 1 aromatic heterocycles. The topological polar surface area (TPSA) is 54.4 Å². The van der Waals surface area contributed by atoms with Gasteiger partial charge in [0.25, 0.3) is 0 Å². The third-order valence-electron chi connectivity index (χ3n) is 3.13. The molecule has 2 heterocycles. The van der Waals surface area contributed by atoms with Gasteiger partial charge < -0.3 is 9.64 Å². The van der Waals surface area contributed by atoms with E-state index in [2.05, 4.69) is 38.6 Å². The van der Waals surface area contributed by atoms with E-state index in [0.717, 1.165) is 32.7 Å². The standard InChI is InChI=1S/C13H22ClN5O/c1-4-20-13-16-11(14)15-12(17-13)19-7-5-18(6-8-19)9-10(2)3/h10H,4-9H2,1-3H3. The van der Waals surface area contributed by atoms with Gasteiger partial charge in [-0.05, 0) is 24.4 Å². The van der Waals surface area contributed by atoms with Crippen LogP contribution in [0.5, 0.6) is 6.01 Å². The highest BCUT2D eigenvalue weighted by atomic mass is 35.5. The summed E-state index contributed by atoms with van der Waals surface area (Å²) in [5.74, 6) is 1.30. The highest BCUT2D eigenvalue weighted by Gasteiger charge is 2.20. The van der Waals surface area contributed by atoms with Crippen LogP contribution < -0.4 is 9.64 Å². The Morgan fingerprint density at radius 2 is 1.85 bits per heavy atom. The molecule has 112 valence electrons. The minimum atomic E-state index is 0.183. The van der Waals surface area contributed by atoms with Crippen LogP contribution in [0.3, 0.4) is 0 Å². The number of hydrogen-bond acceptors (Lipinski definition) is 6. The first-order valence-electron chi connectivity index (χ1n) is 7.10. The van der Waals surface area contributed by atoms with E-state index in [1.807, 2.05) is 6.92 Å². The van der Waals surface area contributed by atoms with Crippen molar-refractivity contribution in [2.45, 2.75) is 20.8 Å². The van der Waals surface area contributed by atoms with Gasteiger partial charge >= 0.3 is 6.01 Å². The quantitative estimate of drug-likeness (QED) is 0.825. The summed E-state index contributed by atoms with van der Waals surface area (Å²) in [7, 11) is 0. The molecule has 0 atom stereocenters. The van der Waals surface area contributed by atoms with Crippen LogP contribution in [0.4, 0.5) is 5.95 Å². The van der Waals surface area contributed by atoms with E-state index in [1.54, 1.807) is 0 Å². The Morgan fingerprint density at radius 1 is 1.15 bits per heavy atom. The summed E-state index contributed by atoms with van der Waals surface area (Å²) in [6.07, 6.45) is 0. The molecule has 0 N–H and O–H groups in total. The molecule has 0 bridgehead atoms. The molecule has 0 amide bonds. The molecule has 7 heteroatoms. The van der Waals surface area contributed by atoms with Gasteiger partial charge in [0.05, 0.1) is 6.61 Å². The number of nitrogens with zero attached hydrogens (tertiary/aromatic N) is 5. The maximum Gasteiger partial charge on any atom is 0.322 e. The minimum Gasteiger partial charge on any atom is -0.464 e. The van der Waals surface area contributed by atoms with Gasteiger partial charge in [-0.15, -0.1) is 0 Å². The number of rotatable bonds is 5. The zero-order valence-corrected chi connectivity index (χ0v) is 13.1. The van der Waals surface area contributed by atoms with E-state index < -0.39 is 0 Å². The predicted octanol–water partition coefficient (Wildman–Crippen LogP) is 1.70. The van der Waals surface area contributed by atoms with Crippen molar-refractivity contribution in [1.82, 2.24) is 19.9 Å². The molecule has 1 aliphatic rings. The lowest BCUT2D eigenvalue weighted by molar-refractivity contribution is 0.230. The summed E-state index contributed by atoms with van der Waals surface area (Å²) < 4.78 is 5.31. The Morgan fingerprint density at radius 3 is 2.45 bits per heavy atom. The van der Waals surface area contributed by atoms with Crippen LogP contribution in [0.1, 0.15) is 20.8 Å². The van der Waals surface area contributed by atoms with Crippen molar-refractivity contribution in [2.75, 3.05) is 44.2 Å². The molecule has 0 aliphatic carbocycles. The SMILES string of the molecule is CCOc1nc(Cl)nc(N2CCN(CC(C)C)CC2)n1. The van der Waals surface area contributed by atoms with Crippen molar-refractivity contribution in [3.05, 3.63) is 5.28 Å². The zero-order valence-electron chi connectivity index (χ0n) is 12.3. The fraction of sp³-hybridized carbons (Fsp3) is 0.769. The van der Waals surface area contributed by atoms with Gasteiger partial charge in [0.1, 0.15) is 0 Å². The van der Waals surface area contributed by atoms with E-state index in [9.17, 15) is 0 Å².